The van der Waals surface area contributed by atoms with E-state index in [9.17, 15) is 8.78 Å². The van der Waals surface area contributed by atoms with Gasteiger partial charge in [-0.15, -0.1) is 0 Å². The lowest BCUT2D eigenvalue weighted by molar-refractivity contribution is 0.436. The van der Waals surface area contributed by atoms with E-state index in [0.717, 1.165) is 6.07 Å². The minimum atomic E-state index is -0.711. The molecule has 0 fully saturated rings. The molecule has 0 bridgehead atoms. The van der Waals surface area contributed by atoms with Crippen LogP contribution in [0.3, 0.4) is 0 Å². The fourth-order valence-electron chi connectivity index (χ4n) is 1.70. The summed E-state index contributed by atoms with van der Waals surface area (Å²) in [5.74, 6) is -1.44. The van der Waals surface area contributed by atoms with E-state index in [0.29, 0.717) is 5.56 Å². The maximum absolute atomic E-state index is 13.9. The van der Waals surface area contributed by atoms with Crippen molar-refractivity contribution in [1.29, 1.82) is 5.26 Å². The molecule has 102 valence electrons. The van der Waals surface area contributed by atoms with Crippen LogP contribution in [0.5, 0.6) is 11.5 Å². The van der Waals surface area contributed by atoms with Crippen molar-refractivity contribution in [2.24, 2.45) is 5.73 Å². The summed E-state index contributed by atoms with van der Waals surface area (Å²) < 4.78 is 32.6. The fraction of sp³-hybridized carbons (Fsp3) is 0.133. The van der Waals surface area contributed by atoms with Crippen LogP contribution in [0, 0.1) is 23.0 Å². The molecular formula is C15H12F2N2O. The van der Waals surface area contributed by atoms with Gasteiger partial charge in [0.05, 0.1) is 0 Å². The Bertz CT molecular complexity index is 678. The molecule has 1 unspecified atom stereocenters. The summed E-state index contributed by atoms with van der Waals surface area (Å²) >= 11 is 0. The minimum absolute atomic E-state index is 0.0278. The number of nitrogens with two attached hydrogens (primary N) is 1. The molecule has 20 heavy (non-hydrogen) atoms. The summed E-state index contributed by atoms with van der Waals surface area (Å²) in [6.07, 6.45) is 0. The van der Waals surface area contributed by atoms with E-state index in [1.807, 2.05) is 0 Å². The number of nitrogens with zero attached hydrogens (tertiary/aromatic N) is 1. The highest BCUT2D eigenvalue weighted by molar-refractivity contribution is 5.46. The van der Waals surface area contributed by atoms with Crippen LogP contribution in [-0.4, -0.2) is 0 Å². The molecule has 0 spiro atoms. The van der Waals surface area contributed by atoms with Gasteiger partial charge in [0.25, 0.3) is 0 Å². The first-order chi connectivity index (χ1) is 9.52. The molecule has 0 aliphatic heterocycles. The van der Waals surface area contributed by atoms with Crippen molar-refractivity contribution >= 4 is 0 Å². The van der Waals surface area contributed by atoms with Crippen molar-refractivity contribution in [3.63, 3.8) is 0 Å². The Morgan fingerprint density at radius 1 is 1.15 bits per heavy atom. The Morgan fingerprint density at radius 2 is 1.90 bits per heavy atom. The molecule has 3 nitrogen and oxygen atoms in total. The van der Waals surface area contributed by atoms with E-state index in [-0.39, 0.29) is 23.1 Å². The van der Waals surface area contributed by atoms with Gasteiger partial charge < -0.3 is 10.5 Å². The van der Waals surface area contributed by atoms with Crippen LogP contribution >= 0.6 is 0 Å². The lowest BCUT2D eigenvalue weighted by atomic mass is 10.1. The van der Waals surface area contributed by atoms with Crippen molar-refractivity contribution in [2.45, 2.75) is 13.0 Å². The van der Waals surface area contributed by atoms with Crippen LogP contribution in [0.4, 0.5) is 8.78 Å². The fourth-order valence-corrected chi connectivity index (χ4v) is 1.70. The zero-order valence-electron chi connectivity index (χ0n) is 10.7. The van der Waals surface area contributed by atoms with Gasteiger partial charge in [0, 0.05) is 6.04 Å². The molecule has 0 saturated heterocycles. The van der Waals surface area contributed by atoms with Gasteiger partial charge in [-0.3, -0.25) is 0 Å². The SMILES string of the molecule is CC(N)c1ccc(Oc2cccc(F)c2C#N)c(F)c1. The first-order valence-corrected chi connectivity index (χ1v) is 5.94. The Labute approximate surface area is 115 Å². The second-order valence-electron chi connectivity index (χ2n) is 4.31. The largest absolute Gasteiger partial charge is 0.453 e. The zero-order chi connectivity index (χ0) is 14.7. The van der Waals surface area contributed by atoms with Crippen molar-refractivity contribution in [1.82, 2.24) is 0 Å². The summed E-state index contributed by atoms with van der Waals surface area (Å²) in [6.45, 7) is 1.73. The molecule has 0 radical (unpaired) electrons. The van der Waals surface area contributed by atoms with Crippen LogP contribution in [0.1, 0.15) is 24.1 Å². The van der Waals surface area contributed by atoms with Crippen LogP contribution in [0.2, 0.25) is 0 Å². The summed E-state index contributed by atoms with van der Waals surface area (Å²) in [5, 5.41) is 8.88. The quantitative estimate of drug-likeness (QED) is 0.929. The van der Waals surface area contributed by atoms with Crippen LogP contribution < -0.4 is 10.5 Å². The van der Waals surface area contributed by atoms with Gasteiger partial charge in [0.1, 0.15) is 23.2 Å². The number of nitriles is 1. The molecule has 0 heterocycles. The molecular weight excluding hydrogens is 262 g/mol. The number of rotatable bonds is 3. The molecule has 0 aliphatic carbocycles. The normalized spacial score (nSPS) is 11.8. The standard InChI is InChI=1S/C15H12F2N2O/c1-9(19)10-5-6-15(13(17)7-10)20-14-4-2-3-12(16)11(14)8-18/h2-7,9H,19H2,1H3. The Hall–Kier alpha value is -2.45. The minimum Gasteiger partial charge on any atom is -0.453 e. The third kappa shape index (κ3) is 2.76. The number of hydrogen-bond donors (Lipinski definition) is 1. The van der Waals surface area contributed by atoms with Crippen molar-refractivity contribution in [3.05, 3.63) is 59.2 Å². The number of benzene rings is 2. The maximum atomic E-state index is 13.9. The van der Waals surface area contributed by atoms with E-state index in [4.69, 9.17) is 15.7 Å². The predicted octanol–water partition coefficient (Wildman–Crippen LogP) is 3.65. The average molecular weight is 274 g/mol. The lowest BCUT2D eigenvalue weighted by Gasteiger charge is -2.11. The van der Waals surface area contributed by atoms with Gasteiger partial charge in [-0.1, -0.05) is 12.1 Å². The van der Waals surface area contributed by atoms with Gasteiger partial charge >= 0.3 is 0 Å². The Morgan fingerprint density at radius 3 is 2.50 bits per heavy atom. The van der Waals surface area contributed by atoms with Crippen molar-refractivity contribution in [3.8, 4) is 17.6 Å². The first kappa shape index (κ1) is 14.0. The van der Waals surface area contributed by atoms with Gasteiger partial charge in [-0.25, -0.2) is 8.78 Å². The van der Waals surface area contributed by atoms with Crippen LogP contribution in [-0.2, 0) is 0 Å². The maximum Gasteiger partial charge on any atom is 0.166 e. The second kappa shape index (κ2) is 5.68. The number of ether oxygens (including phenoxy) is 1. The summed E-state index contributed by atoms with van der Waals surface area (Å²) in [4.78, 5) is 0. The summed E-state index contributed by atoms with van der Waals surface area (Å²) in [5.41, 5.74) is 6.01. The van der Waals surface area contributed by atoms with Gasteiger partial charge in [0.15, 0.2) is 11.6 Å². The summed E-state index contributed by atoms with van der Waals surface area (Å²) in [7, 11) is 0. The Kier molecular flexibility index (Phi) is 3.97. The van der Waals surface area contributed by atoms with Crippen LogP contribution in [0.25, 0.3) is 0 Å². The third-order valence-corrected chi connectivity index (χ3v) is 2.79. The molecule has 0 aromatic heterocycles. The van der Waals surface area contributed by atoms with Gasteiger partial charge in [0.2, 0.25) is 0 Å². The van der Waals surface area contributed by atoms with Gasteiger partial charge in [-0.05, 0) is 36.8 Å². The molecule has 0 saturated carbocycles. The second-order valence-corrected chi connectivity index (χ2v) is 4.31. The zero-order valence-corrected chi connectivity index (χ0v) is 10.7. The molecule has 0 amide bonds. The highest BCUT2D eigenvalue weighted by Crippen LogP contribution is 2.29. The third-order valence-electron chi connectivity index (χ3n) is 2.79. The van der Waals surface area contributed by atoms with E-state index in [1.54, 1.807) is 19.1 Å². The predicted molar refractivity (Wildman–Crippen MR) is 70.2 cm³/mol. The molecule has 1 atom stereocenters. The number of hydrogen-bond acceptors (Lipinski definition) is 3. The van der Waals surface area contributed by atoms with Crippen molar-refractivity contribution < 1.29 is 13.5 Å². The number of halogens is 2. The summed E-state index contributed by atoms with van der Waals surface area (Å²) in [6, 6.07) is 9.60. The van der Waals surface area contributed by atoms with E-state index in [1.165, 1.54) is 24.3 Å². The van der Waals surface area contributed by atoms with E-state index in [2.05, 4.69) is 0 Å². The van der Waals surface area contributed by atoms with E-state index >= 15 is 0 Å². The molecule has 2 aromatic rings. The molecule has 0 aliphatic rings. The lowest BCUT2D eigenvalue weighted by Crippen LogP contribution is -2.05. The highest BCUT2D eigenvalue weighted by Gasteiger charge is 2.13. The highest BCUT2D eigenvalue weighted by atomic mass is 19.1. The smallest absolute Gasteiger partial charge is 0.166 e. The first-order valence-electron chi connectivity index (χ1n) is 5.94. The van der Waals surface area contributed by atoms with E-state index < -0.39 is 11.6 Å². The monoisotopic (exact) mass is 274 g/mol. The van der Waals surface area contributed by atoms with Crippen molar-refractivity contribution in [2.75, 3.05) is 0 Å². The topological polar surface area (TPSA) is 59.0 Å². The van der Waals surface area contributed by atoms with Gasteiger partial charge in [-0.2, -0.15) is 5.26 Å². The average Bonchev–Trinajstić information content (AvgIpc) is 2.41. The molecule has 2 rings (SSSR count). The Balaban J connectivity index is 2.36. The molecule has 5 heteroatoms. The van der Waals surface area contributed by atoms with Crippen LogP contribution in [0.15, 0.2) is 36.4 Å². The molecule has 2 N–H and O–H groups in total. The molecule has 2 aromatic carbocycles.